The molecule has 0 amide bonds. The van der Waals surface area contributed by atoms with Crippen LogP contribution in [0.2, 0.25) is 0 Å². The monoisotopic (exact) mass is 600 g/mol. The standard InChI is InChI=1S/C27H28F4N2O5S2/c1-14(2)15-4-6-16(7-5-15)17-8-9-18(20(10-17)27(29,30)31)25-32-24(13-39-25)40(36,37)33-22-12-21(28)19(26(34)35)11-23(22)38-3/h8-16,33H,4-7H2,1-3H3,(H,34,35)/t15-,16-. The highest BCUT2D eigenvalue weighted by molar-refractivity contribution is 7.92. The van der Waals surface area contributed by atoms with E-state index in [9.17, 15) is 30.8 Å². The van der Waals surface area contributed by atoms with Gasteiger partial charge in [-0.3, -0.25) is 4.72 Å². The van der Waals surface area contributed by atoms with Gasteiger partial charge in [-0.1, -0.05) is 26.0 Å². The molecule has 7 nitrogen and oxygen atoms in total. The van der Waals surface area contributed by atoms with Crippen LogP contribution in [0.5, 0.6) is 5.75 Å². The Hall–Kier alpha value is -3.19. The van der Waals surface area contributed by atoms with Gasteiger partial charge in [-0.05, 0) is 61.1 Å². The molecule has 1 aromatic heterocycles. The van der Waals surface area contributed by atoms with Gasteiger partial charge < -0.3 is 9.84 Å². The van der Waals surface area contributed by atoms with E-state index in [0.29, 0.717) is 23.5 Å². The van der Waals surface area contributed by atoms with E-state index in [2.05, 4.69) is 23.6 Å². The van der Waals surface area contributed by atoms with Crippen molar-refractivity contribution in [1.29, 1.82) is 0 Å². The number of ether oxygens (including phenoxy) is 1. The van der Waals surface area contributed by atoms with Gasteiger partial charge in [-0.2, -0.15) is 21.6 Å². The van der Waals surface area contributed by atoms with Crippen LogP contribution < -0.4 is 9.46 Å². The van der Waals surface area contributed by atoms with E-state index in [4.69, 9.17) is 9.84 Å². The average Bonchev–Trinajstić information content (AvgIpc) is 3.39. The number of nitrogens with zero attached hydrogens (tertiary/aromatic N) is 1. The number of aromatic carboxylic acids is 1. The highest BCUT2D eigenvalue weighted by Crippen LogP contribution is 2.44. The summed E-state index contributed by atoms with van der Waals surface area (Å²) in [6, 6.07) is 5.58. The van der Waals surface area contributed by atoms with E-state index in [-0.39, 0.29) is 22.2 Å². The van der Waals surface area contributed by atoms with E-state index in [1.807, 2.05) is 0 Å². The molecule has 0 spiro atoms. The number of hydrogen-bond donors (Lipinski definition) is 2. The van der Waals surface area contributed by atoms with Crippen molar-refractivity contribution in [3.8, 4) is 16.3 Å². The largest absolute Gasteiger partial charge is 0.495 e. The average molecular weight is 601 g/mol. The smallest absolute Gasteiger partial charge is 0.417 e. The molecule has 0 aliphatic heterocycles. The molecule has 1 saturated carbocycles. The number of aromatic nitrogens is 1. The van der Waals surface area contributed by atoms with Crippen LogP contribution in [0.1, 0.15) is 66.9 Å². The highest BCUT2D eigenvalue weighted by atomic mass is 32.2. The fourth-order valence-corrected chi connectivity index (χ4v) is 7.22. The number of hydrogen-bond acceptors (Lipinski definition) is 6. The molecule has 0 saturated heterocycles. The molecule has 2 N–H and O–H groups in total. The van der Waals surface area contributed by atoms with Crippen molar-refractivity contribution in [3.05, 3.63) is 58.2 Å². The third-order valence-corrected chi connectivity index (χ3v) is 9.56. The fraction of sp³-hybridized carbons (Fsp3) is 0.407. The quantitative estimate of drug-likeness (QED) is 0.261. The Labute approximate surface area is 233 Å². The Bertz CT molecular complexity index is 1510. The molecule has 13 heteroatoms. The Morgan fingerprint density at radius 1 is 1.15 bits per heavy atom. The van der Waals surface area contributed by atoms with Crippen LogP contribution in [0.4, 0.5) is 23.2 Å². The summed E-state index contributed by atoms with van der Waals surface area (Å²) in [7, 11) is -3.36. The van der Waals surface area contributed by atoms with E-state index in [1.54, 1.807) is 6.07 Å². The van der Waals surface area contributed by atoms with Crippen LogP contribution in [-0.4, -0.2) is 31.6 Å². The molecule has 2 aromatic carbocycles. The SMILES string of the molecule is COc1cc(C(=O)O)c(F)cc1NS(=O)(=O)c1csc(-c2ccc([C@H]3CC[C@H](C(C)C)CC3)cc2C(F)(F)F)n1. The lowest BCUT2D eigenvalue weighted by molar-refractivity contribution is -0.137. The molecule has 1 aliphatic carbocycles. The van der Waals surface area contributed by atoms with Gasteiger partial charge in [0.25, 0.3) is 10.0 Å². The summed E-state index contributed by atoms with van der Waals surface area (Å²) in [6.07, 6.45) is -1.16. The van der Waals surface area contributed by atoms with Crippen LogP contribution in [0.25, 0.3) is 10.6 Å². The summed E-state index contributed by atoms with van der Waals surface area (Å²) in [6.45, 7) is 4.31. The second-order valence-corrected chi connectivity index (χ2v) is 12.6. The fourth-order valence-electron chi connectivity index (χ4n) is 5.03. The number of carbonyl (C=O) groups is 1. The van der Waals surface area contributed by atoms with E-state index in [0.717, 1.165) is 61.6 Å². The van der Waals surface area contributed by atoms with Crippen molar-refractivity contribution < 1.29 is 40.6 Å². The van der Waals surface area contributed by atoms with Gasteiger partial charge in [0.15, 0.2) is 5.03 Å². The number of benzene rings is 2. The van der Waals surface area contributed by atoms with Crippen molar-refractivity contribution in [1.82, 2.24) is 4.98 Å². The number of thiazole rings is 1. The van der Waals surface area contributed by atoms with Crippen molar-refractivity contribution in [2.75, 3.05) is 11.8 Å². The van der Waals surface area contributed by atoms with E-state index >= 15 is 0 Å². The summed E-state index contributed by atoms with van der Waals surface area (Å²) < 4.78 is 89.6. The number of rotatable bonds is 8. The molecule has 1 aliphatic rings. The van der Waals surface area contributed by atoms with Crippen molar-refractivity contribution in [2.24, 2.45) is 11.8 Å². The molecule has 1 fully saturated rings. The normalized spacial score (nSPS) is 18.1. The molecular formula is C27H28F4N2O5S2. The first-order valence-corrected chi connectivity index (χ1v) is 14.9. The third-order valence-electron chi connectivity index (χ3n) is 7.29. The number of halogens is 4. The maximum absolute atomic E-state index is 14.2. The second kappa shape index (κ2) is 11.4. The Morgan fingerprint density at radius 3 is 2.40 bits per heavy atom. The topological polar surface area (TPSA) is 106 Å². The maximum Gasteiger partial charge on any atom is 0.417 e. The first-order valence-electron chi connectivity index (χ1n) is 12.5. The Kier molecular flexibility index (Phi) is 8.46. The Balaban J connectivity index is 1.63. The van der Waals surface area contributed by atoms with Crippen molar-refractivity contribution >= 4 is 33.0 Å². The van der Waals surface area contributed by atoms with E-state index in [1.165, 1.54) is 6.07 Å². The first kappa shape index (κ1) is 29.8. The minimum absolute atomic E-state index is 0.0180. The molecular weight excluding hydrogens is 572 g/mol. The number of methoxy groups -OCH3 is 1. The molecule has 0 bridgehead atoms. The van der Waals surface area contributed by atoms with Crippen LogP contribution in [0, 0.1) is 17.7 Å². The molecule has 0 unspecified atom stereocenters. The number of sulfonamides is 1. The second-order valence-electron chi connectivity index (χ2n) is 10.1. The summed E-state index contributed by atoms with van der Waals surface area (Å²) in [5.74, 6) is -1.95. The predicted molar refractivity (Wildman–Crippen MR) is 143 cm³/mol. The molecule has 3 aromatic rings. The molecule has 1 heterocycles. The highest BCUT2D eigenvalue weighted by Gasteiger charge is 2.36. The van der Waals surface area contributed by atoms with Gasteiger partial charge in [0.2, 0.25) is 0 Å². The zero-order valence-corrected chi connectivity index (χ0v) is 23.5. The molecule has 4 rings (SSSR count). The zero-order chi connectivity index (χ0) is 29.4. The molecule has 0 atom stereocenters. The summed E-state index contributed by atoms with van der Waals surface area (Å²) in [5, 5.41) is 9.42. The van der Waals surface area contributed by atoms with Gasteiger partial charge >= 0.3 is 12.1 Å². The summed E-state index contributed by atoms with van der Waals surface area (Å²) in [5.41, 5.74) is -1.66. The number of alkyl halides is 3. The lowest BCUT2D eigenvalue weighted by atomic mass is 9.74. The van der Waals surface area contributed by atoms with Crippen molar-refractivity contribution in [2.45, 2.75) is 56.7 Å². The molecule has 216 valence electrons. The van der Waals surface area contributed by atoms with Crippen LogP contribution in [0.3, 0.4) is 0 Å². The van der Waals surface area contributed by atoms with Gasteiger partial charge in [0.1, 0.15) is 16.6 Å². The van der Waals surface area contributed by atoms with Crippen molar-refractivity contribution in [3.63, 3.8) is 0 Å². The van der Waals surface area contributed by atoms with Gasteiger partial charge in [-0.25, -0.2) is 14.2 Å². The van der Waals surface area contributed by atoms with Gasteiger partial charge in [-0.15, -0.1) is 11.3 Å². The van der Waals surface area contributed by atoms with Crippen LogP contribution >= 0.6 is 11.3 Å². The van der Waals surface area contributed by atoms with Gasteiger partial charge in [0, 0.05) is 17.0 Å². The van der Waals surface area contributed by atoms with Crippen LogP contribution in [-0.2, 0) is 16.2 Å². The number of carboxylic acids is 1. The zero-order valence-electron chi connectivity index (χ0n) is 21.9. The number of nitrogens with one attached hydrogen (secondary N) is 1. The predicted octanol–water partition coefficient (Wildman–Crippen LogP) is 7.41. The van der Waals surface area contributed by atoms with Crippen LogP contribution in [0.15, 0.2) is 40.7 Å². The minimum Gasteiger partial charge on any atom is -0.495 e. The number of anilines is 1. The van der Waals surface area contributed by atoms with Gasteiger partial charge in [0.05, 0.1) is 23.9 Å². The Morgan fingerprint density at radius 2 is 1.82 bits per heavy atom. The lowest BCUT2D eigenvalue weighted by Crippen LogP contribution is -2.18. The number of carboxylic acid groups (broad SMARTS) is 1. The molecule has 0 radical (unpaired) electrons. The summed E-state index contributed by atoms with van der Waals surface area (Å²) >= 11 is 0.721. The molecule has 40 heavy (non-hydrogen) atoms. The first-order chi connectivity index (χ1) is 18.7. The lowest BCUT2D eigenvalue weighted by Gasteiger charge is -2.31. The minimum atomic E-state index is -4.69. The van der Waals surface area contributed by atoms with E-state index < -0.39 is 49.8 Å². The third kappa shape index (κ3) is 6.25. The summed E-state index contributed by atoms with van der Waals surface area (Å²) in [4.78, 5) is 15.1. The maximum atomic E-state index is 14.2.